The zero-order chi connectivity index (χ0) is 21.0. The van der Waals surface area contributed by atoms with Crippen LogP contribution in [0.25, 0.3) is 0 Å². The summed E-state index contributed by atoms with van der Waals surface area (Å²) >= 11 is 0. The lowest BCUT2D eigenvalue weighted by Gasteiger charge is -2.26. The van der Waals surface area contributed by atoms with Crippen molar-refractivity contribution >= 4 is 29.4 Å². The number of para-hydroxylation sites is 1. The van der Waals surface area contributed by atoms with E-state index in [9.17, 15) is 24.3 Å². The summed E-state index contributed by atoms with van der Waals surface area (Å²) in [6.07, 6.45) is -0.420. The van der Waals surface area contributed by atoms with Gasteiger partial charge in [0.2, 0.25) is 17.4 Å². The molecule has 0 aliphatic carbocycles. The lowest BCUT2D eigenvalue weighted by Crippen LogP contribution is -2.99. The van der Waals surface area contributed by atoms with Gasteiger partial charge in [0.15, 0.2) is 0 Å². The maximum absolute atomic E-state index is 13.5. The third-order valence-corrected chi connectivity index (χ3v) is 6.45. The van der Waals surface area contributed by atoms with Crippen LogP contribution < -0.4 is 15.7 Å². The Morgan fingerprint density at radius 3 is 2.47 bits per heavy atom. The van der Waals surface area contributed by atoms with Gasteiger partial charge >= 0.3 is 0 Å². The molecule has 3 aliphatic heterocycles. The van der Waals surface area contributed by atoms with E-state index in [4.69, 9.17) is 0 Å². The van der Waals surface area contributed by atoms with Gasteiger partial charge in [-0.25, -0.2) is 0 Å². The number of nitrogens with two attached hydrogens (primary N) is 1. The highest BCUT2D eigenvalue weighted by Gasteiger charge is 2.74. The van der Waals surface area contributed by atoms with Crippen molar-refractivity contribution in [3.63, 3.8) is 0 Å². The van der Waals surface area contributed by atoms with Crippen LogP contribution in [-0.4, -0.2) is 34.6 Å². The van der Waals surface area contributed by atoms with Crippen molar-refractivity contribution in [1.82, 2.24) is 4.90 Å². The molecule has 2 aromatic rings. The number of likely N-dealkylation sites (tertiary alicyclic amines) is 1. The maximum Gasteiger partial charge on any atom is 0.291 e. The Morgan fingerprint density at radius 1 is 1.03 bits per heavy atom. The number of nitrogens with zero attached hydrogens (tertiary/aromatic N) is 1. The van der Waals surface area contributed by atoms with Crippen LogP contribution in [0.15, 0.2) is 54.6 Å². The minimum Gasteiger partial charge on any atom is -0.550 e. The van der Waals surface area contributed by atoms with Crippen molar-refractivity contribution in [3.8, 4) is 0 Å². The molecule has 2 aromatic carbocycles. The number of benzene rings is 2. The number of carboxylic acids is 1. The molecule has 1 spiro atoms. The molecule has 0 aromatic heterocycles. The smallest absolute Gasteiger partial charge is 0.291 e. The van der Waals surface area contributed by atoms with Gasteiger partial charge in [-0.05, 0) is 11.6 Å². The Morgan fingerprint density at radius 2 is 1.73 bits per heavy atom. The molecule has 3 amide bonds. The fourth-order valence-electron chi connectivity index (χ4n) is 5.28. The number of carbonyl (C=O) groups excluding carboxylic acids is 4. The van der Waals surface area contributed by atoms with Crippen LogP contribution in [0.4, 0.5) is 5.69 Å². The van der Waals surface area contributed by atoms with Gasteiger partial charge in [0.1, 0.15) is 17.9 Å². The second kappa shape index (κ2) is 6.50. The van der Waals surface area contributed by atoms with Crippen molar-refractivity contribution < 1.29 is 29.6 Å². The monoisotopic (exact) mass is 405 g/mol. The molecule has 0 bridgehead atoms. The predicted molar refractivity (Wildman–Crippen MR) is 101 cm³/mol. The van der Waals surface area contributed by atoms with Gasteiger partial charge in [-0.15, -0.1) is 0 Å². The Hall–Kier alpha value is -3.52. The molecule has 4 atom stereocenters. The number of imide groups is 1. The van der Waals surface area contributed by atoms with E-state index >= 15 is 0 Å². The molecule has 2 fully saturated rings. The van der Waals surface area contributed by atoms with Gasteiger partial charge in [-0.1, -0.05) is 48.5 Å². The van der Waals surface area contributed by atoms with E-state index in [1.165, 1.54) is 0 Å². The Balaban J connectivity index is 1.61. The van der Waals surface area contributed by atoms with Gasteiger partial charge in [0, 0.05) is 18.0 Å². The number of aliphatic carboxylic acids is 1. The van der Waals surface area contributed by atoms with Crippen molar-refractivity contribution in [3.05, 3.63) is 65.7 Å². The average molecular weight is 405 g/mol. The first kappa shape index (κ1) is 18.5. The first-order chi connectivity index (χ1) is 14.4. The average Bonchev–Trinajstić information content (AvgIpc) is 3.29. The van der Waals surface area contributed by atoms with Crippen LogP contribution >= 0.6 is 0 Å². The lowest BCUT2D eigenvalue weighted by molar-refractivity contribution is -0.733. The molecule has 2 saturated heterocycles. The molecule has 3 N–H and O–H groups in total. The second-order valence-electron chi connectivity index (χ2n) is 8.03. The van der Waals surface area contributed by atoms with E-state index in [2.05, 4.69) is 5.32 Å². The number of carboxylic acid groups (broad SMARTS) is 1. The summed E-state index contributed by atoms with van der Waals surface area (Å²) in [6.45, 7) is 0.0862. The highest BCUT2D eigenvalue weighted by atomic mass is 16.4. The second-order valence-corrected chi connectivity index (χ2v) is 8.03. The van der Waals surface area contributed by atoms with E-state index < -0.39 is 53.5 Å². The van der Waals surface area contributed by atoms with E-state index in [0.717, 1.165) is 10.5 Å². The Labute approximate surface area is 171 Å². The van der Waals surface area contributed by atoms with Gasteiger partial charge < -0.3 is 20.5 Å². The van der Waals surface area contributed by atoms with Gasteiger partial charge in [-0.3, -0.25) is 19.3 Å². The van der Waals surface area contributed by atoms with Crippen LogP contribution in [0.2, 0.25) is 0 Å². The van der Waals surface area contributed by atoms with E-state index in [0.29, 0.717) is 11.3 Å². The number of quaternary nitrogens is 1. The van der Waals surface area contributed by atoms with Crippen LogP contribution in [0.5, 0.6) is 0 Å². The quantitative estimate of drug-likeness (QED) is 0.614. The standard InChI is InChI=1S/C22H19N3O5/c26-16(27)10-15-17-18(20(29)25(19(17)28)11-12-6-2-1-3-7-12)22(24-15)13-8-4-5-9-14(13)23-21(22)30/h1-9,15,17-18,24H,10-11H2,(H,23,30)(H,26,27)/t15-,17+,18-,22-/m0/s1. The minimum atomic E-state index is -1.36. The molecule has 8 heteroatoms. The zero-order valence-electron chi connectivity index (χ0n) is 15.9. The number of anilines is 1. The molecule has 8 nitrogen and oxygen atoms in total. The topological polar surface area (TPSA) is 123 Å². The number of hydrogen-bond acceptors (Lipinski definition) is 5. The minimum absolute atomic E-state index is 0.0862. The normalized spacial score (nSPS) is 29.3. The molecule has 152 valence electrons. The Bertz CT molecular complexity index is 1090. The number of amides is 3. The summed E-state index contributed by atoms with van der Waals surface area (Å²) in [4.78, 5) is 52.5. The van der Waals surface area contributed by atoms with E-state index in [1.54, 1.807) is 29.6 Å². The summed E-state index contributed by atoms with van der Waals surface area (Å²) in [6, 6.07) is 15.3. The molecular weight excluding hydrogens is 386 g/mol. The summed E-state index contributed by atoms with van der Waals surface area (Å²) in [5.74, 6) is -4.48. The van der Waals surface area contributed by atoms with Crippen molar-refractivity contribution in [2.24, 2.45) is 11.8 Å². The summed E-state index contributed by atoms with van der Waals surface area (Å²) in [5.41, 5.74) is 0.603. The number of rotatable bonds is 4. The molecule has 0 radical (unpaired) electrons. The van der Waals surface area contributed by atoms with Crippen LogP contribution in [-0.2, 0) is 31.3 Å². The zero-order valence-corrected chi connectivity index (χ0v) is 15.9. The Kier molecular flexibility index (Phi) is 4.01. The first-order valence-electron chi connectivity index (χ1n) is 9.79. The first-order valence-corrected chi connectivity index (χ1v) is 9.79. The van der Waals surface area contributed by atoms with Gasteiger partial charge in [0.05, 0.1) is 12.2 Å². The highest BCUT2D eigenvalue weighted by molar-refractivity contribution is 6.13. The summed E-state index contributed by atoms with van der Waals surface area (Å²) in [7, 11) is 0. The molecule has 5 rings (SSSR count). The molecular formula is C22H19N3O5. The van der Waals surface area contributed by atoms with E-state index in [-0.39, 0.29) is 6.54 Å². The molecule has 3 heterocycles. The fraction of sp³-hybridized carbons (Fsp3) is 0.273. The van der Waals surface area contributed by atoms with Crippen molar-refractivity contribution in [2.75, 3.05) is 5.32 Å². The summed E-state index contributed by atoms with van der Waals surface area (Å²) in [5, 5.41) is 15.8. The molecule has 30 heavy (non-hydrogen) atoms. The number of carbonyl (C=O) groups is 4. The fourth-order valence-corrected chi connectivity index (χ4v) is 5.28. The molecule has 0 saturated carbocycles. The van der Waals surface area contributed by atoms with Crippen LogP contribution in [0.3, 0.4) is 0 Å². The number of nitrogens with one attached hydrogen (secondary N) is 1. The largest absolute Gasteiger partial charge is 0.550 e. The van der Waals surface area contributed by atoms with Crippen molar-refractivity contribution in [2.45, 2.75) is 24.5 Å². The molecule has 0 unspecified atom stereocenters. The maximum atomic E-state index is 13.5. The summed E-state index contributed by atoms with van der Waals surface area (Å²) < 4.78 is 0. The van der Waals surface area contributed by atoms with E-state index in [1.807, 2.05) is 30.3 Å². The predicted octanol–water partition coefficient (Wildman–Crippen LogP) is -1.28. The van der Waals surface area contributed by atoms with Gasteiger partial charge in [0.25, 0.3) is 5.91 Å². The van der Waals surface area contributed by atoms with Crippen molar-refractivity contribution in [1.29, 1.82) is 0 Å². The van der Waals surface area contributed by atoms with Gasteiger partial charge in [-0.2, -0.15) is 0 Å². The van der Waals surface area contributed by atoms with Crippen LogP contribution in [0, 0.1) is 11.8 Å². The highest BCUT2D eigenvalue weighted by Crippen LogP contribution is 2.49. The SMILES string of the molecule is O=C([O-])C[C@@H]1[NH2+][C@]2(C(=O)Nc3ccccc32)[C@@H]2C(=O)N(Cc3ccccc3)C(=O)[C@H]12. The third-order valence-electron chi connectivity index (χ3n) is 6.45. The number of fused-ring (bicyclic) bond motifs is 4. The third kappa shape index (κ3) is 2.43. The van der Waals surface area contributed by atoms with Crippen LogP contribution in [0.1, 0.15) is 17.5 Å². The number of hydrogen-bond donors (Lipinski definition) is 2. The molecule has 3 aliphatic rings. The lowest BCUT2D eigenvalue weighted by atomic mass is 9.76.